The van der Waals surface area contributed by atoms with Gasteiger partial charge in [-0.05, 0) is 81.1 Å². The highest BCUT2D eigenvalue weighted by Gasteiger charge is 2.51. The van der Waals surface area contributed by atoms with Gasteiger partial charge in [-0.15, -0.1) is 0 Å². The molecular weight excluding hydrogens is 550 g/mol. The van der Waals surface area contributed by atoms with Gasteiger partial charge in [-0.3, -0.25) is 4.79 Å². The molecule has 1 spiro atoms. The van der Waals surface area contributed by atoms with Crippen molar-refractivity contribution < 1.29 is 13.5 Å². The van der Waals surface area contributed by atoms with Crippen LogP contribution in [-0.2, 0) is 7.05 Å². The van der Waals surface area contributed by atoms with Gasteiger partial charge in [-0.1, -0.05) is 11.6 Å². The number of ether oxygens (including phenoxy) is 1. The average Bonchev–Trinajstić information content (AvgIpc) is 3.81. The third-order valence-electron chi connectivity index (χ3n) is 9.54. The summed E-state index contributed by atoms with van der Waals surface area (Å²) >= 11 is 6.58. The quantitative estimate of drug-likeness (QED) is 0.372. The standard InChI is InChI=1S/C30H35ClF2N6O2/c1-38-23-5-4-19(14-20(23)25-26(28(38)40)41-17-30(32,33)27(37-25)18-2-3-18)36-22-15-24(35-16-21(22)31)39-12-8-29(9-13-39)6-10-34-11-7-29/h4-5,14-16,18,27,34,37H,2-3,6-13,17H2,1H3,(H,35,36)/t27-/m0/s1. The van der Waals surface area contributed by atoms with Crippen LogP contribution in [0.25, 0.3) is 10.9 Å². The first-order valence-electron chi connectivity index (χ1n) is 14.6. The third kappa shape index (κ3) is 4.88. The van der Waals surface area contributed by atoms with Crippen LogP contribution in [0.4, 0.5) is 31.7 Å². The number of benzene rings is 1. The number of aromatic nitrogens is 2. The summed E-state index contributed by atoms with van der Waals surface area (Å²) in [6, 6.07) is 6.42. The van der Waals surface area contributed by atoms with E-state index in [9.17, 15) is 13.6 Å². The number of anilines is 4. The Kier molecular flexibility index (Phi) is 6.54. The Balaban J connectivity index is 1.19. The summed E-state index contributed by atoms with van der Waals surface area (Å²) < 4.78 is 36.9. The van der Waals surface area contributed by atoms with E-state index in [2.05, 4.69) is 25.8 Å². The molecule has 8 nitrogen and oxygen atoms in total. The molecule has 11 heteroatoms. The molecule has 4 aliphatic rings. The molecule has 1 aromatic carbocycles. The molecule has 2 saturated heterocycles. The summed E-state index contributed by atoms with van der Waals surface area (Å²) in [7, 11) is 1.63. The number of hydrogen-bond acceptors (Lipinski definition) is 7. The van der Waals surface area contributed by atoms with Crippen LogP contribution in [-0.4, -0.2) is 54.3 Å². The number of nitrogens with one attached hydrogen (secondary N) is 3. The van der Waals surface area contributed by atoms with Crippen molar-refractivity contribution in [2.24, 2.45) is 18.4 Å². The topological polar surface area (TPSA) is 83.5 Å². The molecule has 3 aliphatic heterocycles. The van der Waals surface area contributed by atoms with Gasteiger partial charge < -0.3 is 30.2 Å². The minimum atomic E-state index is -3.09. The van der Waals surface area contributed by atoms with Crippen molar-refractivity contribution in [2.45, 2.75) is 50.5 Å². The van der Waals surface area contributed by atoms with Crippen molar-refractivity contribution in [3.8, 4) is 5.75 Å². The molecule has 0 bridgehead atoms. The zero-order chi connectivity index (χ0) is 28.4. The van der Waals surface area contributed by atoms with Crippen molar-refractivity contribution >= 4 is 45.4 Å². The molecule has 0 unspecified atom stereocenters. The largest absolute Gasteiger partial charge is 0.480 e. The van der Waals surface area contributed by atoms with E-state index in [1.165, 1.54) is 17.4 Å². The number of piperidine rings is 2. The second kappa shape index (κ2) is 10.0. The molecule has 7 rings (SSSR count). The molecule has 1 saturated carbocycles. The van der Waals surface area contributed by atoms with E-state index in [0.29, 0.717) is 38.4 Å². The van der Waals surface area contributed by atoms with E-state index in [0.717, 1.165) is 57.7 Å². The van der Waals surface area contributed by atoms with E-state index in [1.54, 1.807) is 13.2 Å². The van der Waals surface area contributed by atoms with E-state index in [4.69, 9.17) is 16.3 Å². The number of pyridine rings is 2. The second-order valence-corrected chi connectivity index (χ2v) is 12.6. The maximum absolute atomic E-state index is 15.0. The molecule has 218 valence electrons. The van der Waals surface area contributed by atoms with Gasteiger partial charge in [0.15, 0.2) is 6.61 Å². The summed E-state index contributed by atoms with van der Waals surface area (Å²) in [6.07, 6.45) is 7.92. The minimum Gasteiger partial charge on any atom is -0.480 e. The molecule has 1 atom stereocenters. The monoisotopic (exact) mass is 584 g/mol. The summed E-state index contributed by atoms with van der Waals surface area (Å²) in [6.45, 7) is 3.30. The van der Waals surface area contributed by atoms with E-state index >= 15 is 0 Å². The zero-order valence-electron chi connectivity index (χ0n) is 23.1. The first kappa shape index (κ1) is 26.8. The summed E-state index contributed by atoms with van der Waals surface area (Å²) in [5.74, 6) is -2.42. The molecular formula is C30H35ClF2N6O2. The Labute approximate surface area is 242 Å². The predicted octanol–water partition coefficient (Wildman–Crippen LogP) is 5.52. The van der Waals surface area contributed by atoms with Gasteiger partial charge in [-0.25, -0.2) is 13.8 Å². The predicted molar refractivity (Wildman–Crippen MR) is 158 cm³/mol. The Bertz CT molecular complexity index is 1540. The number of nitrogens with zero attached hydrogens (tertiary/aromatic N) is 3. The van der Waals surface area contributed by atoms with E-state index in [-0.39, 0.29) is 11.7 Å². The van der Waals surface area contributed by atoms with Gasteiger partial charge in [0.25, 0.3) is 5.56 Å². The Hall–Kier alpha value is -3.11. The third-order valence-corrected chi connectivity index (χ3v) is 9.84. The number of alkyl halides is 2. The van der Waals surface area contributed by atoms with Gasteiger partial charge in [-0.2, -0.15) is 0 Å². The smallest absolute Gasteiger partial charge is 0.301 e. The van der Waals surface area contributed by atoms with Gasteiger partial charge in [0.05, 0.1) is 34.2 Å². The Morgan fingerprint density at radius 1 is 1.12 bits per heavy atom. The fourth-order valence-corrected chi connectivity index (χ4v) is 6.96. The zero-order valence-corrected chi connectivity index (χ0v) is 23.9. The van der Waals surface area contributed by atoms with Gasteiger partial charge in [0.2, 0.25) is 5.75 Å². The molecule has 5 heterocycles. The lowest BCUT2D eigenvalue weighted by Crippen LogP contribution is -2.45. The van der Waals surface area contributed by atoms with Gasteiger partial charge in [0, 0.05) is 37.3 Å². The number of aryl methyl sites for hydroxylation is 1. The maximum atomic E-state index is 15.0. The highest BCUT2D eigenvalue weighted by atomic mass is 35.5. The lowest BCUT2D eigenvalue weighted by molar-refractivity contribution is -0.0579. The Morgan fingerprint density at radius 3 is 2.61 bits per heavy atom. The van der Waals surface area contributed by atoms with Gasteiger partial charge >= 0.3 is 5.92 Å². The van der Waals surface area contributed by atoms with E-state index < -0.39 is 24.1 Å². The summed E-state index contributed by atoms with van der Waals surface area (Å²) in [4.78, 5) is 20.0. The lowest BCUT2D eigenvalue weighted by atomic mass is 9.71. The van der Waals surface area contributed by atoms with Crippen LogP contribution in [0.15, 0.2) is 35.3 Å². The van der Waals surface area contributed by atoms with Gasteiger partial charge in [0.1, 0.15) is 5.82 Å². The van der Waals surface area contributed by atoms with Crippen molar-refractivity contribution in [1.82, 2.24) is 14.9 Å². The molecule has 3 aromatic rings. The van der Waals surface area contributed by atoms with Crippen molar-refractivity contribution in [2.75, 3.05) is 48.3 Å². The fourth-order valence-electron chi connectivity index (χ4n) is 6.81. The molecule has 41 heavy (non-hydrogen) atoms. The van der Waals surface area contributed by atoms with Crippen LogP contribution in [0.5, 0.6) is 5.75 Å². The lowest BCUT2D eigenvalue weighted by Gasteiger charge is -2.44. The normalized spacial score (nSPS) is 23.4. The Morgan fingerprint density at radius 2 is 1.88 bits per heavy atom. The number of hydrogen-bond donors (Lipinski definition) is 3. The number of rotatable bonds is 4. The summed E-state index contributed by atoms with van der Waals surface area (Å²) in [5, 5.41) is 11.0. The van der Waals surface area contributed by atoms with Crippen LogP contribution in [0.3, 0.4) is 0 Å². The summed E-state index contributed by atoms with van der Waals surface area (Å²) in [5.41, 5.74) is 2.37. The minimum absolute atomic E-state index is 0.0687. The molecule has 0 amide bonds. The van der Waals surface area contributed by atoms with Crippen molar-refractivity contribution in [1.29, 1.82) is 0 Å². The van der Waals surface area contributed by atoms with Crippen LogP contribution in [0, 0.1) is 11.3 Å². The van der Waals surface area contributed by atoms with Crippen LogP contribution in [0.2, 0.25) is 5.02 Å². The first-order chi connectivity index (χ1) is 19.7. The molecule has 0 radical (unpaired) electrons. The van der Waals surface area contributed by atoms with Crippen LogP contribution in [0.1, 0.15) is 38.5 Å². The molecule has 2 aromatic heterocycles. The molecule has 3 fully saturated rings. The SMILES string of the molecule is Cn1c(=O)c2c(c3cc(Nc4cc(N5CCC6(CCNCC6)CC5)ncc4Cl)ccc31)N[C@@H](C1CC1)C(F)(F)CO2. The van der Waals surface area contributed by atoms with Crippen molar-refractivity contribution in [3.05, 3.63) is 45.8 Å². The second-order valence-electron chi connectivity index (χ2n) is 12.2. The van der Waals surface area contributed by atoms with E-state index in [1.807, 2.05) is 24.3 Å². The fraction of sp³-hybridized carbons (Fsp3) is 0.533. The average molecular weight is 585 g/mol. The first-order valence-corrected chi connectivity index (χ1v) is 14.9. The maximum Gasteiger partial charge on any atom is 0.301 e. The highest BCUT2D eigenvalue weighted by Crippen LogP contribution is 2.46. The number of halogens is 3. The van der Waals surface area contributed by atoms with Crippen molar-refractivity contribution in [3.63, 3.8) is 0 Å². The number of fused-ring (bicyclic) bond motifs is 3. The molecule has 3 N–H and O–H groups in total. The van der Waals surface area contributed by atoms with Crippen LogP contribution < -0.4 is 31.1 Å². The molecule has 1 aliphatic carbocycles. The highest BCUT2D eigenvalue weighted by molar-refractivity contribution is 6.33. The van der Waals surface area contributed by atoms with Crippen LogP contribution >= 0.6 is 11.6 Å².